The lowest BCUT2D eigenvalue weighted by Gasteiger charge is -2.28. The molecule has 1 aliphatic rings. The minimum Gasteiger partial charge on any atom is -0.387 e. The molecular formula is C15H20N2O. The molecule has 1 saturated heterocycles. The Bertz CT molecular complexity index is 514. The number of aliphatic hydroxyl groups excluding tert-OH is 1. The van der Waals surface area contributed by atoms with Crippen LogP contribution in [0.3, 0.4) is 0 Å². The monoisotopic (exact) mass is 244 g/mol. The summed E-state index contributed by atoms with van der Waals surface area (Å²) in [4.78, 5) is 5.56. The van der Waals surface area contributed by atoms with Crippen LogP contribution in [-0.2, 0) is 0 Å². The fraction of sp³-hybridized carbons (Fsp3) is 0.467. The highest BCUT2D eigenvalue weighted by molar-refractivity contribution is 5.79. The van der Waals surface area contributed by atoms with Crippen LogP contribution < -0.4 is 0 Å². The van der Waals surface area contributed by atoms with E-state index in [4.69, 9.17) is 0 Å². The Morgan fingerprint density at radius 2 is 2.00 bits per heavy atom. The zero-order valence-electron chi connectivity index (χ0n) is 10.6. The summed E-state index contributed by atoms with van der Waals surface area (Å²) in [6.45, 7) is 3.01. The molecule has 0 saturated carbocycles. The van der Waals surface area contributed by atoms with Crippen LogP contribution in [0.25, 0.3) is 10.9 Å². The van der Waals surface area contributed by atoms with Gasteiger partial charge in [-0.1, -0.05) is 18.6 Å². The molecule has 1 aliphatic heterocycles. The molecule has 18 heavy (non-hydrogen) atoms. The zero-order chi connectivity index (χ0) is 12.4. The van der Waals surface area contributed by atoms with Gasteiger partial charge in [-0.2, -0.15) is 0 Å². The van der Waals surface area contributed by atoms with E-state index in [1.54, 1.807) is 0 Å². The van der Waals surface area contributed by atoms with E-state index in [1.165, 1.54) is 24.6 Å². The number of benzene rings is 1. The third-order valence-electron chi connectivity index (χ3n) is 3.84. The molecule has 0 amide bonds. The molecular weight excluding hydrogens is 224 g/mol. The van der Waals surface area contributed by atoms with E-state index in [1.807, 2.05) is 12.3 Å². The van der Waals surface area contributed by atoms with E-state index in [0.717, 1.165) is 30.7 Å². The van der Waals surface area contributed by atoms with Crippen molar-refractivity contribution in [3.63, 3.8) is 0 Å². The van der Waals surface area contributed by atoms with E-state index in [-0.39, 0.29) is 6.10 Å². The Labute approximate surface area is 107 Å². The zero-order valence-corrected chi connectivity index (χ0v) is 10.6. The predicted octanol–water partition coefficient (Wildman–Crippen LogP) is 2.69. The first-order valence-corrected chi connectivity index (χ1v) is 6.80. The van der Waals surface area contributed by atoms with Gasteiger partial charge in [-0.15, -0.1) is 0 Å². The molecule has 2 heterocycles. The molecule has 0 spiro atoms. The van der Waals surface area contributed by atoms with Crippen LogP contribution in [0.15, 0.2) is 30.5 Å². The van der Waals surface area contributed by atoms with Crippen LogP contribution in [0.2, 0.25) is 0 Å². The van der Waals surface area contributed by atoms with Gasteiger partial charge in [-0.3, -0.25) is 0 Å². The van der Waals surface area contributed by atoms with E-state index in [9.17, 15) is 5.11 Å². The van der Waals surface area contributed by atoms with Gasteiger partial charge in [0.1, 0.15) is 0 Å². The van der Waals surface area contributed by atoms with Crippen molar-refractivity contribution < 1.29 is 5.11 Å². The molecule has 0 radical (unpaired) electrons. The van der Waals surface area contributed by atoms with Gasteiger partial charge in [0.15, 0.2) is 0 Å². The first-order valence-electron chi connectivity index (χ1n) is 6.80. The van der Waals surface area contributed by atoms with Crippen molar-refractivity contribution in [3.8, 4) is 0 Å². The molecule has 1 unspecified atom stereocenters. The number of nitrogens with zero attached hydrogens (tertiary/aromatic N) is 1. The smallest absolute Gasteiger partial charge is 0.0917 e. The number of piperidine rings is 1. The summed E-state index contributed by atoms with van der Waals surface area (Å²) in [5.41, 5.74) is 2.11. The van der Waals surface area contributed by atoms with Crippen molar-refractivity contribution in [1.29, 1.82) is 0 Å². The Balaban J connectivity index is 1.72. The average Bonchev–Trinajstić information content (AvgIpc) is 2.87. The Kier molecular flexibility index (Phi) is 3.35. The second-order valence-corrected chi connectivity index (χ2v) is 5.20. The maximum absolute atomic E-state index is 10.3. The van der Waals surface area contributed by atoms with E-state index in [2.05, 4.69) is 28.1 Å². The van der Waals surface area contributed by atoms with Crippen molar-refractivity contribution in [2.75, 3.05) is 19.6 Å². The summed E-state index contributed by atoms with van der Waals surface area (Å²) in [5, 5.41) is 11.5. The number of β-amino-alcohol motifs (C(OH)–C–C–N with tert-alkyl or cyclic N) is 1. The minimum absolute atomic E-state index is 0.379. The van der Waals surface area contributed by atoms with Crippen LogP contribution >= 0.6 is 0 Å². The summed E-state index contributed by atoms with van der Waals surface area (Å²) in [6.07, 6.45) is 5.42. The number of nitrogens with one attached hydrogen (secondary N) is 1. The molecule has 2 aromatic rings. The van der Waals surface area contributed by atoms with Gasteiger partial charge in [0, 0.05) is 18.3 Å². The molecule has 2 N–H and O–H groups in total. The van der Waals surface area contributed by atoms with Crippen LogP contribution in [0.5, 0.6) is 0 Å². The minimum atomic E-state index is -0.379. The second-order valence-electron chi connectivity index (χ2n) is 5.20. The van der Waals surface area contributed by atoms with Gasteiger partial charge in [0.05, 0.1) is 6.10 Å². The Morgan fingerprint density at radius 3 is 2.83 bits per heavy atom. The molecule has 96 valence electrons. The number of rotatable bonds is 3. The maximum atomic E-state index is 10.3. The fourth-order valence-electron chi connectivity index (χ4n) is 2.76. The topological polar surface area (TPSA) is 39.3 Å². The predicted molar refractivity (Wildman–Crippen MR) is 73.5 cm³/mol. The second kappa shape index (κ2) is 5.12. The van der Waals surface area contributed by atoms with E-state index >= 15 is 0 Å². The maximum Gasteiger partial charge on any atom is 0.0917 e. The number of aromatic nitrogens is 1. The number of likely N-dealkylation sites (tertiary alicyclic amines) is 1. The molecule has 0 aliphatic carbocycles. The Hall–Kier alpha value is -1.32. The highest BCUT2D eigenvalue weighted by atomic mass is 16.3. The lowest BCUT2D eigenvalue weighted by Crippen LogP contribution is -2.33. The number of H-pyrrole nitrogens is 1. The number of hydrogen-bond acceptors (Lipinski definition) is 2. The van der Waals surface area contributed by atoms with Gasteiger partial charge >= 0.3 is 0 Å². The molecule has 1 atom stereocenters. The lowest BCUT2D eigenvalue weighted by atomic mass is 10.1. The van der Waals surface area contributed by atoms with Crippen molar-refractivity contribution in [3.05, 3.63) is 36.0 Å². The normalized spacial score (nSPS) is 19.2. The number of fused-ring (bicyclic) bond motifs is 1. The largest absolute Gasteiger partial charge is 0.387 e. The lowest BCUT2D eigenvalue weighted by molar-refractivity contribution is 0.102. The van der Waals surface area contributed by atoms with Gasteiger partial charge in [-0.25, -0.2) is 0 Å². The van der Waals surface area contributed by atoms with Crippen LogP contribution in [0.4, 0.5) is 0 Å². The highest BCUT2D eigenvalue weighted by Crippen LogP contribution is 2.21. The van der Waals surface area contributed by atoms with Gasteiger partial charge in [-0.05, 0) is 49.0 Å². The molecule has 3 nitrogen and oxygen atoms in total. The summed E-state index contributed by atoms with van der Waals surface area (Å²) in [5.74, 6) is 0. The molecule has 3 rings (SSSR count). The fourth-order valence-corrected chi connectivity index (χ4v) is 2.76. The molecule has 0 bridgehead atoms. The van der Waals surface area contributed by atoms with Crippen molar-refractivity contribution in [2.24, 2.45) is 0 Å². The molecule has 1 fully saturated rings. The average molecular weight is 244 g/mol. The number of hydrogen-bond donors (Lipinski definition) is 2. The van der Waals surface area contributed by atoms with Crippen LogP contribution in [0.1, 0.15) is 30.9 Å². The van der Waals surface area contributed by atoms with E-state index in [0.29, 0.717) is 0 Å². The summed E-state index contributed by atoms with van der Waals surface area (Å²) in [6, 6.07) is 8.21. The number of aliphatic hydroxyl groups is 1. The van der Waals surface area contributed by atoms with Crippen molar-refractivity contribution in [1.82, 2.24) is 9.88 Å². The summed E-state index contributed by atoms with van der Waals surface area (Å²) < 4.78 is 0. The highest BCUT2D eigenvalue weighted by Gasteiger charge is 2.16. The van der Waals surface area contributed by atoms with Crippen molar-refractivity contribution in [2.45, 2.75) is 25.4 Å². The van der Waals surface area contributed by atoms with Crippen LogP contribution in [-0.4, -0.2) is 34.6 Å². The molecule has 1 aromatic heterocycles. The molecule has 1 aromatic carbocycles. The van der Waals surface area contributed by atoms with Gasteiger partial charge < -0.3 is 15.0 Å². The summed E-state index contributed by atoms with van der Waals surface area (Å²) >= 11 is 0. The standard InChI is InChI=1S/C15H20N2O/c18-15(11-17-8-2-1-3-9-17)13-5-4-12-6-7-16-14(12)10-13/h4-7,10,15-16,18H,1-3,8-9,11H2. The summed E-state index contributed by atoms with van der Waals surface area (Å²) in [7, 11) is 0. The molecule has 3 heteroatoms. The van der Waals surface area contributed by atoms with Gasteiger partial charge in [0.2, 0.25) is 0 Å². The Morgan fingerprint density at radius 1 is 1.17 bits per heavy atom. The first kappa shape index (κ1) is 11.8. The first-order chi connectivity index (χ1) is 8.83. The SMILES string of the molecule is OC(CN1CCCCC1)c1ccc2cc[nH]c2c1. The third-order valence-corrected chi connectivity index (χ3v) is 3.84. The van der Waals surface area contributed by atoms with Gasteiger partial charge in [0.25, 0.3) is 0 Å². The van der Waals surface area contributed by atoms with E-state index < -0.39 is 0 Å². The third kappa shape index (κ3) is 2.42. The quantitative estimate of drug-likeness (QED) is 0.871. The van der Waals surface area contributed by atoms with Crippen LogP contribution in [0, 0.1) is 0 Å². The van der Waals surface area contributed by atoms with Crippen molar-refractivity contribution >= 4 is 10.9 Å². The number of aromatic amines is 1.